The van der Waals surface area contributed by atoms with E-state index >= 15 is 0 Å². The third-order valence-electron chi connectivity index (χ3n) is 5.77. The molecule has 0 aliphatic heterocycles. The van der Waals surface area contributed by atoms with Gasteiger partial charge in [0, 0.05) is 4.88 Å². The number of hydrogen-bond donors (Lipinski definition) is 2. The van der Waals surface area contributed by atoms with Gasteiger partial charge in [-0.25, -0.2) is 15.0 Å². The highest BCUT2D eigenvalue weighted by atomic mass is 32.1. The second-order valence-electron chi connectivity index (χ2n) is 8.25. The zero-order valence-electron chi connectivity index (χ0n) is 20.7. The minimum absolute atomic E-state index is 0.274. The number of carbonyl (C=O) groups is 4. The Morgan fingerprint density at radius 2 is 1.68 bits per heavy atom. The lowest BCUT2D eigenvalue weighted by Crippen LogP contribution is -2.32. The number of hydrogen-bond acceptors (Lipinski definition) is 9. The number of benzene rings is 2. The van der Waals surface area contributed by atoms with Gasteiger partial charge in [0.05, 0.1) is 31.6 Å². The largest absolute Gasteiger partial charge is 0.497 e. The average Bonchev–Trinajstić information content (AvgIpc) is 3.30. The van der Waals surface area contributed by atoms with Crippen LogP contribution in [0.25, 0.3) is 0 Å². The minimum atomic E-state index is -1.01. The Hall–Kier alpha value is -4.51. The molecule has 10 nitrogen and oxygen atoms in total. The number of amides is 2. The Morgan fingerprint density at radius 3 is 2.42 bits per heavy atom. The number of carbonyl (C=O) groups excluding carboxylic acids is 4. The van der Waals surface area contributed by atoms with Crippen molar-refractivity contribution < 1.29 is 33.4 Å². The van der Waals surface area contributed by atoms with Crippen molar-refractivity contribution in [2.75, 3.05) is 19.5 Å². The fourth-order valence-corrected chi connectivity index (χ4v) is 5.17. The Morgan fingerprint density at radius 1 is 0.921 bits per heavy atom. The van der Waals surface area contributed by atoms with Crippen molar-refractivity contribution >= 4 is 46.3 Å². The quantitative estimate of drug-likeness (QED) is 0.155. The molecule has 1 aliphatic rings. The van der Waals surface area contributed by atoms with Crippen LogP contribution < -0.4 is 20.2 Å². The summed E-state index contributed by atoms with van der Waals surface area (Å²) in [6.45, 7) is 0. The van der Waals surface area contributed by atoms with E-state index in [0.717, 1.165) is 36.1 Å². The van der Waals surface area contributed by atoms with Crippen molar-refractivity contribution in [2.24, 2.45) is 5.10 Å². The number of hydrazone groups is 1. The fraction of sp³-hybridized carbons (Fsp3) is 0.222. The summed E-state index contributed by atoms with van der Waals surface area (Å²) in [6.07, 6.45) is 4.78. The van der Waals surface area contributed by atoms with E-state index in [-0.39, 0.29) is 5.75 Å². The summed E-state index contributed by atoms with van der Waals surface area (Å²) in [6, 6.07) is 13.0. The van der Waals surface area contributed by atoms with Crippen LogP contribution in [-0.2, 0) is 27.2 Å². The van der Waals surface area contributed by atoms with E-state index in [0.29, 0.717) is 27.4 Å². The van der Waals surface area contributed by atoms with Gasteiger partial charge in [-0.1, -0.05) is 12.1 Å². The summed E-state index contributed by atoms with van der Waals surface area (Å²) in [4.78, 5) is 50.5. The van der Waals surface area contributed by atoms with E-state index in [1.807, 2.05) is 0 Å². The van der Waals surface area contributed by atoms with E-state index in [2.05, 4.69) is 15.8 Å². The van der Waals surface area contributed by atoms with Gasteiger partial charge in [0.2, 0.25) is 0 Å². The lowest BCUT2D eigenvalue weighted by atomic mass is 9.95. The standard InChI is InChI=1S/C27H25N3O7S/c1-35-18-12-10-17(11-13-18)26(33)37-19-7-5-6-16(14-19)15-28-30-24(32)23(31)29-25-22(27(34)36-2)20-8-3-4-9-21(20)38-25/h5-7,10-15H,3-4,8-9H2,1-2H3,(H,29,31)(H,30,32)/b28-15+. The third-order valence-corrected chi connectivity index (χ3v) is 6.98. The molecule has 196 valence electrons. The molecular weight excluding hydrogens is 510 g/mol. The maximum Gasteiger partial charge on any atom is 0.343 e. The van der Waals surface area contributed by atoms with E-state index < -0.39 is 23.8 Å². The SMILES string of the molecule is COC(=O)c1c(NC(=O)C(=O)N/N=C/c2cccc(OC(=O)c3ccc(OC)cc3)c2)sc2c1CCCC2. The van der Waals surface area contributed by atoms with Gasteiger partial charge >= 0.3 is 23.8 Å². The molecule has 2 amide bonds. The first-order valence-corrected chi connectivity index (χ1v) is 12.5. The summed E-state index contributed by atoms with van der Waals surface area (Å²) in [5, 5.41) is 6.62. The smallest absolute Gasteiger partial charge is 0.343 e. The molecule has 1 aliphatic carbocycles. The zero-order chi connectivity index (χ0) is 27.1. The Labute approximate surface area is 222 Å². The van der Waals surface area contributed by atoms with Gasteiger partial charge in [-0.05, 0) is 73.2 Å². The molecule has 0 unspecified atom stereocenters. The number of fused-ring (bicyclic) bond motifs is 1. The van der Waals surface area contributed by atoms with Crippen LogP contribution in [0.2, 0.25) is 0 Å². The van der Waals surface area contributed by atoms with Gasteiger partial charge in [-0.3, -0.25) is 9.59 Å². The topological polar surface area (TPSA) is 132 Å². The number of rotatable bonds is 7. The van der Waals surface area contributed by atoms with Crippen molar-refractivity contribution in [3.05, 3.63) is 75.7 Å². The van der Waals surface area contributed by atoms with E-state index in [4.69, 9.17) is 14.2 Å². The summed E-state index contributed by atoms with van der Waals surface area (Å²) in [5.41, 5.74) is 4.20. The van der Waals surface area contributed by atoms with Crippen LogP contribution >= 0.6 is 11.3 Å². The molecule has 2 aromatic carbocycles. The number of ether oxygens (including phenoxy) is 3. The van der Waals surface area contributed by atoms with Gasteiger partial charge in [0.15, 0.2) is 0 Å². The van der Waals surface area contributed by atoms with Crippen molar-refractivity contribution in [3.8, 4) is 11.5 Å². The monoisotopic (exact) mass is 535 g/mol. The zero-order valence-corrected chi connectivity index (χ0v) is 21.6. The lowest BCUT2D eigenvalue weighted by molar-refractivity contribution is -0.136. The molecule has 11 heteroatoms. The van der Waals surface area contributed by atoms with Crippen molar-refractivity contribution in [2.45, 2.75) is 25.7 Å². The number of thiophene rings is 1. The number of methoxy groups -OCH3 is 2. The van der Waals surface area contributed by atoms with Crippen LogP contribution in [-0.4, -0.2) is 44.2 Å². The van der Waals surface area contributed by atoms with Crippen LogP contribution in [0.15, 0.2) is 53.6 Å². The van der Waals surface area contributed by atoms with Crippen molar-refractivity contribution in [3.63, 3.8) is 0 Å². The summed E-state index contributed by atoms with van der Waals surface area (Å²) >= 11 is 1.28. The molecule has 3 aromatic rings. The normalized spacial score (nSPS) is 12.4. The Kier molecular flexibility index (Phi) is 8.49. The maximum absolute atomic E-state index is 12.5. The van der Waals surface area contributed by atoms with Gasteiger partial charge < -0.3 is 19.5 Å². The number of nitrogens with one attached hydrogen (secondary N) is 2. The van der Waals surface area contributed by atoms with Crippen LogP contribution in [0.4, 0.5) is 5.00 Å². The lowest BCUT2D eigenvalue weighted by Gasteiger charge is -2.11. The summed E-state index contributed by atoms with van der Waals surface area (Å²) < 4.78 is 15.4. The van der Waals surface area contributed by atoms with E-state index in [9.17, 15) is 19.2 Å². The number of esters is 2. The summed E-state index contributed by atoms with van der Waals surface area (Å²) in [7, 11) is 2.81. The predicted octanol–water partition coefficient (Wildman–Crippen LogP) is 3.73. The molecule has 0 fully saturated rings. The Bertz CT molecular complexity index is 1400. The Balaban J connectivity index is 1.36. The third kappa shape index (κ3) is 6.24. The van der Waals surface area contributed by atoms with Gasteiger partial charge in [-0.15, -0.1) is 11.3 Å². The van der Waals surface area contributed by atoms with Crippen molar-refractivity contribution in [1.29, 1.82) is 0 Å². The molecule has 38 heavy (non-hydrogen) atoms. The molecule has 0 saturated heterocycles. The average molecular weight is 536 g/mol. The molecule has 0 bridgehead atoms. The van der Waals surface area contributed by atoms with Crippen LogP contribution in [0.3, 0.4) is 0 Å². The first kappa shape index (κ1) is 26.6. The van der Waals surface area contributed by atoms with E-state index in [1.165, 1.54) is 31.8 Å². The first-order valence-electron chi connectivity index (χ1n) is 11.7. The van der Waals surface area contributed by atoms with E-state index in [1.54, 1.807) is 48.5 Å². The van der Waals surface area contributed by atoms with Crippen LogP contribution in [0, 0.1) is 0 Å². The molecule has 0 radical (unpaired) electrons. The fourth-order valence-electron chi connectivity index (χ4n) is 3.90. The minimum Gasteiger partial charge on any atom is -0.497 e. The number of nitrogens with zero attached hydrogens (tertiary/aromatic N) is 1. The highest BCUT2D eigenvalue weighted by Crippen LogP contribution is 2.38. The predicted molar refractivity (Wildman–Crippen MR) is 141 cm³/mol. The number of anilines is 1. The molecular formula is C27H25N3O7S. The first-order chi connectivity index (χ1) is 18.4. The molecule has 0 spiro atoms. The second-order valence-corrected chi connectivity index (χ2v) is 9.36. The molecule has 1 aromatic heterocycles. The molecule has 4 rings (SSSR count). The highest BCUT2D eigenvalue weighted by Gasteiger charge is 2.28. The maximum atomic E-state index is 12.5. The molecule has 0 atom stereocenters. The summed E-state index contributed by atoms with van der Waals surface area (Å²) in [5.74, 6) is -2.18. The molecule has 2 N–H and O–H groups in total. The van der Waals surface area contributed by atoms with Crippen LogP contribution in [0.5, 0.6) is 11.5 Å². The van der Waals surface area contributed by atoms with Crippen molar-refractivity contribution in [1.82, 2.24) is 5.43 Å². The number of aryl methyl sites for hydroxylation is 1. The highest BCUT2D eigenvalue weighted by molar-refractivity contribution is 7.17. The van der Waals surface area contributed by atoms with Gasteiger partial charge in [0.25, 0.3) is 0 Å². The van der Waals surface area contributed by atoms with Crippen LogP contribution in [0.1, 0.15) is 49.6 Å². The molecule has 1 heterocycles. The molecule has 0 saturated carbocycles. The second kappa shape index (κ2) is 12.2. The van der Waals surface area contributed by atoms with Gasteiger partial charge in [-0.2, -0.15) is 5.10 Å². The van der Waals surface area contributed by atoms with Gasteiger partial charge in [0.1, 0.15) is 16.5 Å².